The zero-order valence-electron chi connectivity index (χ0n) is 13.2. The predicted octanol–water partition coefficient (Wildman–Crippen LogP) is 2.67. The van der Waals surface area contributed by atoms with Crippen LogP contribution in [0.15, 0.2) is 6.20 Å². The Morgan fingerprint density at radius 1 is 1.29 bits per heavy atom. The lowest BCUT2D eigenvalue weighted by atomic mass is 9.82. The molecule has 3 rings (SSSR count). The first-order chi connectivity index (χ1) is 10.3. The fourth-order valence-electron chi connectivity index (χ4n) is 3.96. The van der Waals surface area contributed by atoms with Crippen LogP contribution in [-0.4, -0.2) is 28.0 Å². The summed E-state index contributed by atoms with van der Waals surface area (Å²) in [6.07, 6.45) is 11.1. The maximum atomic E-state index is 9.12. The zero-order valence-corrected chi connectivity index (χ0v) is 13.2. The smallest absolute Gasteiger partial charge is 0.0644 e. The van der Waals surface area contributed by atoms with Crippen LogP contribution in [0.4, 0.5) is 0 Å². The lowest BCUT2D eigenvalue weighted by molar-refractivity contribution is 0.263. The monoisotopic (exact) mass is 291 g/mol. The molecule has 1 saturated carbocycles. The molecule has 118 valence electrons. The number of nitrogens with one attached hydrogen (secondary N) is 1. The molecule has 0 aromatic carbocycles. The quantitative estimate of drug-likeness (QED) is 0.877. The van der Waals surface area contributed by atoms with Crippen molar-refractivity contribution < 1.29 is 5.11 Å². The highest BCUT2D eigenvalue weighted by Gasteiger charge is 2.25. The molecule has 1 unspecified atom stereocenters. The average Bonchev–Trinajstić information content (AvgIpc) is 2.91. The molecule has 21 heavy (non-hydrogen) atoms. The van der Waals surface area contributed by atoms with Gasteiger partial charge in [0.05, 0.1) is 19.3 Å². The van der Waals surface area contributed by atoms with E-state index in [1.54, 1.807) is 0 Å². The van der Waals surface area contributed by atoms with E-state index < -0.39 is 0 Å². The largest absolute Gasteiger partial charge is 0.394 e. The van der Waals surface area contributed by atoms with Crippen molar-refractivity contribution in [2.45, 2.75) is 64.5 Å². The molecule has 0 aliphatic heterocycles. The number of aliphatic hydroxyl groups is 1. The van der Waals surface area contributed by atoms with Gasteiger partial charge in [-0.05, 0) is 50.5 Å². The standard InChI is InChI=1S/C17H29N3O/c1-13-5-7-14(8-6-13)11-18-16-3-2-4-17-15(16)12-19-20(17)9-10-21/h12-14,16,18,21H,2-11H2,1H3. The summed E-state index contributed by atoms with van der Waals surface area (Å²) in [6, 6.07) is 0.473. The second-order valence-electron chi connectivity index (χ2n) is 6.97. The number of nitrogens with zero attached hydrogens (tertiary/aromatic N) is 2. The van der Waals surface area contributed by atoms with Crippen LogP contribution in [0.3, 0.4) is 0 Å². The van der Waals surface area contributed by atoms with E-state index in [1.807, 2.05) is 10.9 Å². The molecule has 0 amide bonds. The van der Waals surface area contributed by atoms with Gasteiger partial charge in [0.1, 0.15) is 0 Å². The fraction of sp³-hybridized carbons (Fsp3) is 0.824. The second-order valence-corrected chi connectivity index (χ2v) is 6.97. The maximum Gasteiger partial charge on any atom is 0.0644 e. The van der Waals surface area contributed by atoms with Crippen LogP contribution in [0.1, 0.15) is 62.7 Å². The van der Waals surface area contributed by atoms with Gasteiger partial charge in [-0.1, -0.05) is 19.8 Å². The molecule has 0 spiro atoms. The lowest BCUT2D eigenvalue weighted by Gasteiger charge is -2.30. The minimum Gasteiger partial charge on any atom is -0.394 e. The van der Waals surface area contributed by atoms with E-state index >= 15 is 0 Å². The minimum atomic E-state index is 0.173. The van der Waals surface area contributed by atoms with Crippen LogP contribution in [0.25, 0.3) is 0 Å². The van der Waals surface area contributed by atoms with Crippen molar-refractivity contribution in [3.05, 3.63) is 17.5 Å². The van der Waals surface area contributed by atoms with Gasteiger partial charge in [0.2, 0.25) is 0 Å². The summed E-state index contributed by atoms with van der Waals surface area (Å²) in [5.41, 5.74) is 2.71. The molecule has 2 aliphatic rings. The Labute approximate surface area is 127 Å². The van der Waals surface area contributed by atoms with E-state index in [0.29, 0.717) is 12.6 Å². The van der Waals surface area contributed by atoms with Crippen molar-refractivity contribution >= 4 is 0 Å². The van der Waals surface area contributed by atoms with Crippen molar-refractivity contribution in [1.82, 2.24) is 15.1 Å². The number of aliphatic hydroxyl groups excluding tert-OH is 1. The summed E-state index contributed by atoms with van der Waals surface area (Å²) < 4.78 is 1.99. The van der Waals surface area contributed by atoms with Crippen LogP contribution in [-0.2, 0) is 13.0 Å². The summed E-state index contributed by atoms with van der Waals surface area (Å²) in [7, 11) is 0. The van der Waals surface area contributed by atoms with Gasteiger partial charge in [-0.2, -0.15) is 5.10 Å². The summed E-state index contributed by atoms with van der Waals surface area (Å²) in [5, 5.41) is 17.4. The summed E-state index contributed by atoms with van der Waals surface area (Å²) >= 11 is 0. The van der Waals surface area contributed by atoms with Crippen LogP contribution in [0.2, 0.25) is 0 Å². The van der Waals surface area contributed by atoms with Gasteiger partial charge in [-0.15, -0.1) is 0 Å². The third-order valence-corrected chi connectivity index (χ3v) is 5.36. The number of aromatic nitrogens is 2. The highest BCUT2D eigenvalue weighted by atomic mass is 16.3. The van der Waals surface area contributed by atoms with Gasteiger partial charge in [0, 0.05) is 17.3 Å². The minimum absolute atomic E-state index is 0.173. The zero-order chi connectivity index (χ0) is 14.7. The first kappa shape index (κ1) is 15.0. The molecule has 1 atom stereocenters. The molecule has 0 bridgehead atoms. The first-order valence-electron chi connectivity index (χ1n) is 8.66. The van der Waals surface area contributed by atoms with Crippen molar-refractivity contribution in [3.63, 3.8) is 0 Å². The summed E-state index contributed by atoms with van der Waals surface area (Å²) in [4.78, 5) is 0. The van der Waals surface area contributed by atoms with E-state index in [0.717, 1.165) is 24.8 Å². The van der Waals surface area contributed by atoms with E-state index in [4.69, 9.17) is 5.11 Å². The number of fused-ring (bicyclic) bond motifs is 1. The highest BCUT2D eigenvalue weighted by molar-refractivity contribution is 5.24. The van der Waals surface area contributed by atoms with Crippen molar-refractivity contribution in [1.29, 1.82) is 0 Å². The average molecular weight is 291 g/mol. The Bertz CT molecular complexity index is 449. The molecule has 1 fully saturated rings. The molecular weight excluding hydrogens is 262 g/mol. The molecule has 1 heterocycles. The van der Waals surface area contributed by atoms with Crippen LogP contribution in [0, 0.1) is 11.8 Å². The molecule has 4 heteroatoms. The van der Waals surface area contributed by atoms with Gasteiger partial charge >= 0.3 is 0 Å². The Morgan fingerprint density at radius 3 is 2.86 bits per heavy atom. The number of rotatable bonds is 5. The molecule has 0 radical (unpaired) electrons. The Kier molecular flexibility index (Phi) is 4.96. The molecule has 0 saturated heterocycles. The van der Waals surface area contributed by atoms with E-state index in [-0.39, 0.29) is 6.61 Å². The van der Waals surface area contributed by atoms with Gasteiger partial charge < -0.3 is 10.4 Å². The highest BCUT2D eigenvalue weighted by Crippen LogP contribution is 2.32. The normalized spacial score (nSPS) is 29.3. The van der Waals surface area contributed by atoms with Gasteiger partial charge in [-0.25, -0.2) is 0 Å². The summed E-state index contributed by atoms with van der Waals surface area (Å²) in [5.74, 6) is 1.79. The Morgan fingerprint density at radius 2 is 2.10 bits per heavy atom. The van der Waals surface area contributed by atoms with Crippen molar-refractivity contribution in [3.8, 4) is 0 Å². The fourth-order valence-corrected chi connectivity index (χ4v) is 3.96. The van der Waals surface area contributed by atoms with Crippen molar-refractivity contribution in [2.75, 3.05) is 13.2 Å². The van der Waals surface area contributed by atoms with Crippen LogP contribution in [0.5, 0.6) is 0 Å². The van der Waals surface area contributed by atoms with Gasteiger partial charge in [0.15, 0.2) is 0 Å². The second kappa shape index (κ2) is 6.93. The summed E-state index contributed by atoms with van der Waals surface area (Å²) in [6.45, 7) is 4.34. The number of hydrogen-bond donors (Lipinski definition) is 2. The van der Waals surface area contributed by atoms with E-state index in [2.05, 4.69) is 17.3 Å². The Balaban J connectivity index is 1.58. The molecular formula is C17H29N3O. The van der Waals surface area contributed by atoms with E-state index in [9.17, 15) is 0 Å². The van der Waals surface area contributed by atoms with Crippen molar-refractivity contribution in [2.24, 2.45) is 11.8 Å². The van der Waals surface area contributed by atoms with Gasteiger partial charge in [-0.3, -0.25) is 4.68 Å². The van der Waals surface area contributed by atoms with E-state index in [1.165, 1.54) is 49.8 Å². The molecule has 1 aromatic heterocycles. The third kappa shape index (κ3) is 3.49. The maximum absolute atomic E-state index is 9.12. The SMILES string of the molecule is CC1CCC(CNC2CCCc3c2cnn3CCO)CC1. The van der Waals surface area contributed by atoms with Crippen LogP contribution >= 0.6 is 0 Å². The first-order valence-corrected chi connectivity index (χ1v) is 8.66. The third-order valence-electron chi connectivity index (χ3n) is 5.36. The molecule has 2 N–H and O–H groups in total. The molecule has 4 nitrogen and oxygen atoms in total. The van der Waals surface area contributed by atoms with Crippen LogP contribution < -0.4 is 5.32 Å². The number of hydrogen-bond acceptors (Lipinski definition) is 3. The van der Waals surface area contributed by atoms with Gasteiger partial charge in [0.25, 0.3) is 0 Å². The Hall–Kier alpha value is -0.870. The molecule has 1 aromatic rings. The molecule has 2 aliphatic carbocycles. The lowest BCUT2D eigenvalue weighted by Crippen LogP contribution is -2.31. The topological polar surface area (TPSA) is 50.1 Å². The predicted molar refractivity (Wildman–Crippen MR) is 84.1 cm³/mol.